The Balaban J connectivity index is 2.35. The first-order valence-electron chi connectivity index (χ1n) is 6.19. The molecule has 0 aliphatic rings. The Morgan fingerprint density at radius 3 is 3.06 bits per heavy atom. The summed E-state index contributed by atoms with van der Waals surface area (Å²) in [7, 11) is 0. The zero-order chi connectivity index (χ0) is 13.2. The van der Waals surface area contributed by atoms with Gasteiger partial charge in [-0.1, -0.05) is 12.8 Å². The highest BCUT2D eigenvalue weighted by Gasteiger charge is 2.12. The third-order valence-corrected chi connectivity index (χ3v) is 3.22. The standard InChI is InChI=1S/C14H21NO2S/c1-3-6-15(9-13-5-8-18-12-13)10-14(16)11-17-7-4-2/h2,5,8,12,14,16H,3,6-7,9-11H2,1H3/t14-/m0/s1. The number of hydrogen-bond donors (Lipinski definition) is 1. The van der Waals surface area contributed by atoms with E-state index in [0.29, 0.717) is 13.2 Å². The van der Waals surface area contributed by atoms with E-state index in [0.717, 1.165) is 19.5 Å². The fraction of sp³-hybridized carbons (Fsp3) is 0.571. The Labute approximate surface area is 113 Å². The summed E-state index contributed by atoms with van der Waals surface area (Å²) >= 11 is 1.70. The fourth-order valence-corrected chi connectivity index (χ4v) is 2.46. The molecule has 1 rings (SSSR count). The van der Waals surface area contributed by atoms with Crippen LogP contribution in [0.3, 0.4) is 0 Å². The SMILES string of the molecule is C#CCOC[C@@H](O)CN(CCC)Cc1ccsc1. The Kier molecular flexibility index (Phi) is 7.70. The lowest BCUT2D eigenvalue weighted by Crippen LogP contribution is -2.35. The second kappa shape index (κ2) is 9.12. The summed E-state index contributed by atoms with van der Waals surface area (Å²) in [4.78, 5) is 2.24. The highest BCUT2D eigenvalue weighted by atomic mass is 32.1. The van der Waals surface area contributed by atoms with Gasteiger partial charge in [-0.05, 0) is 35.4 Å². The maximum absolute atomic E-state index is 9.87. The third kappa shape index (κ3) is 6.18. The molecule has 0 aromatic carbocycles. The molecule has 0 bridgehead atoms. The van der Waals surface area contributed by atoms with Gasteiger partial charge in [0.15, 0.2) is 0 Å². The summed E-state index contributed by atoms with van der Waals surface area (Å²) in [5.41, 5.74) is 1.30. The Morgan fingerprint density at radius 1 is 1.61 bits per heavy atom. The molecule has 0 aliphatic heterocycles. The summed E-state index contributed by atoms with van der Waals surface area (Å²) < 4.78 is 5.15. The van der Waals surface area contributed by atoms with Crippen molar-refractivity contribution in [3.05, 3.63) is 22.4 Å². The molecule has 0 unspecified atom stereocenters. The van der Waals surface area contributed by atoms with Gasteiger partial charge in [-0.25, -0.2) is 0 Å². The number of aliphatic hydroxyl groups excluding tert-OH is 1. The molecule has 0 saturated carbocycles. The average molecular weight is 267 g/mol. The van der Waals surface area contributed by atoms with Gasteiger partial charge >= 0.3 is 0 Å². The van der Waals surface area contributed by atoms with Crippen molar-refractivity contribution in [2.45, 2.75) is 26.0 Å². The second-order valence-electron chi connectivity index (χ2n) is 4.24. The molecule has 0 fully saturated rings. The van der Waals surface area contributed by atoms with Crippen LogP contribution in [-0.4, -0.2) is 42.4 Å². The normalized spacial score (nSPS) is 12.6. The van der Waals surface area contributed by atoms with Crippen LogP contribution in [0, 0.1) is 12.3 Å². The third-order valence-electron chi connectivity index (χ3n) is 2.49. The Bertz CT molecular complexity index is 345. The average Bonchev–Trinajstić information content (AvgIpc) is 2.82. The van der Waals surface area contributed by atoms with Crippen molar-refractivity contribution in [1.29, 1.82) is 0 Å². The molecule has 0 saturated heterocycles. The minimum Gasteiger partial charge on any atom is -0.389 e. The van der Waals surface area contributed by atoms with Gasteiger partial charge in [-0.2, -0.15) is 11.3 Å². The number of nitrogens with zero attached hydrogens (tertiary/aromatic N) is 1. The van der Waals surface area contributed by atoms with E-state index in [1.54, 1.807) is 11.3 Å². The molecular formula is C14H21NO2S. The molecule has 4 heteroatoms. The van der Waals surface area contributed by atoms with E-state index >= 15 is 0 Å². The van der Waals surface area contributed by atoms with Crippen molar-refractivity contribution >= 4 is 11.3 Å². The lowest BCUT2D eigenvalue weighted by Gasteiger charge is -2.24. The van der Waals surface area contributed by atoms with E-state index in [-0.39, 0.29) is 6.61 Å². The van der Waals surface area contributed by atoms with Crippen molar-refractivity contribution in [2.24, 2.45) is 0 Å². The van der Waals surface area contributed by atoms with Crippen LogP contribution >= 0.6 is 11.3 Å². The first-order chi connectivity index (χ1) is 8.76. The summed E-state index contributed by atoms with van der Waals surface area (Å²) in [5, 5.41) is 14.1. The van der Waals surface area contributed by atoms with Crippen LogP contribution in [0.5, 0.6) is 0 Å². The number of rotatable bonds is 9. The fourth-order valence-electron chi connectivity index (χ4n) is 1.80. The molecule has 0 radical (unpaired) electrons. The molecule has 18 heavy (non-hydrogen) atoms. The largest absolute Gasteiger partial charge is 0.389 e. The predicted molar refractivity (Wildman–Crippen MR) is 75.5 cm³/mol. The van der Waals surface area contributed by atoms with Crippen LogP contribution in [0.15, 0.2) is 16.8 Å². The van der Waals surface area contributed by atoms with E-state index in [4.69, 9.17) is 11.2 Å². The van der Waals surface area contributed by atoms with Gasteiger partial charge in [0.25, 0.3) is 0 Å². The van der Waals surface area contributed by atoms with Crippen LogP contribution in [-0.2, 0) is 11.3 Å². The van der Waals surface area contributed by atoms with E-state index in [1.165, 1.54) is 5.56 Å². The summed E-state index contributed by atoms with van der Waals surface area (Å²) in [6.45, 7) is 5.17. The summed E-state index contributed by atoms with van der Waals surface area (Å²) in [6.07, 6.45) is 5.68. The molecule has 0 spiro atoms. The van der Waals surface area contributed by atoms with Crippen molar-refractivity contribution in [3.63, 3.8) is 0 Å². The van der Waals surface area contributed by atoms with Gasteiger partial charge in [0, 0.05) is 13.1 Å². The molecule has 0 amide bonds. The molecule has 1 heterocycles. The number of hydrogen-bond acceptors (Lipinski definition) is 4. The molecule has 3 nitrogen and oxygen atoms in total. The van der Waals surface area contributed by atoms with Gasteiger partial charge in [-0.15, -0.1) is 6.42 Å². The summed E-state index contributed by atoms with van der Waals surface area (Å²) in [6, 6.07) is 2.12. The predicted octanol–water partition coefficient (Wildman–Crippen LogP) is 1.97. The first kappa shape index (κ1) is 15.2. The van der Waals surface area contributed by atoms with Crippen molar-refractivity contribution in [1.82, 2.24) is 4.90 Å². The van der Waals surface area contributed by atoms with Crippen LogP contribution in [0.25, 0.3) is 0 Å². The van der Waals surface area contributed by atoms with Crippen molar-refractivity contribution < 1.29 is 9.84 Å². The first-order valence-corrected chi connectivity index (χ1v) is 7.13. The number of aliphatic hydroxyl groups is 1. The zero-order valence-corrected chi connectivity index (χ0v) is 11.7. The monoisotopic (exact) mass is 267 g/mol. The van der Waals surface area contributed by atoms with Crippen LogP contribution < -0.4 is 0 Å². The second-order valence-corrected chi connectivity index (χ2v) is 5.02. The number of ether oxygens (including phenoxy) is 1. The van der Waals surface area contributed by atoms with Gasteiger partial charge in [-0.3, -0.25) is 4.90 Å². The molecule has 1 atom stereocenters. The van der Waals surface area contributed by atoms with Crippen LogP contribution in [0.4, 0.5) is 0 Å². The zero-order valence-electron chi connectivity index (χ0n) is 10.8. The molecule has 100 valence electrons. The van der Waals surface area contributed by atoms with Gasteiger partial charge in [0.2, 0.25) is 0 Å². The lowest BCUT2D eigenvalue weighted by atomic mass is 10.2. The molecule has 1 aromatic rings. The highest BCUT2D eigenvalue weighted by molar-refractivity contribution is 7.07. The van der Waals surface area contributed by atoms with E-state index in [2.05, 4.69) is 34.6 Å². The van der Waals surface area contributed by atoms with Gasteiger partial charge in [0.1, 0.15) is 6.61 Å². The van der Waals surface area contributed by atoms with Gasteiger partial charge in [0.05, 0.1) is 12.7 Å². The number of terminal acetylenes is 1. The molecule has 1 aromatic heterocycles. The highest BCUT2D eigenvalue weighted by Crippen LogP contribution is 2.10. The van der Waals surface area contributed by atoms with E-state index < -0.39 is 6.10 Å². The Morgan fingerprint density at radius 2 is 2.44 bits per heavy atom. The van der Waals surface area contributed by atoms with E-state index in [9.17, 15) is 5.11 Å². The maximum atomic E-state index is 9.87. The topological polar surface area (TPSA) is 32.7 Å². The van der Waals surface area contributed by atoms with E-state index in [1.807, 2.05) is 0 Å². The minimum atomic E-state index is -0.483. The minimum absolute atomic E-state index is 0.259. The molecule has 0 aliphatic carbocycles. The van der Waals surface area contributed by atoms with Crippen LogP contribution in [0.2, 0.25) is 0 Å². The van der Waals surface area contributed by atoms with Crippen molar-refractivity contribution in [2.75, 3.05) is 26.3 Å². The van der Waals surface area contributed by atoms with Crippen molar-refractivity contribution in [3.8, 4) is 12.3 Å². The summed E-state index contributed by atoms with van der Waals surface area (Å²) in [5.74, 6) is 2.39. The van der Waals surface area contributed by atoms with Crippen LogP contribution in [0.1, 0.15) is 18.9 Å². The number of thiophene rings is 1. The lowest BCUT2D eigenvalue weighted by molar-refractivity contribution is 0.0261. The quantitative estimate of drug-likeness (QED) is 0.548. The molecular weight excluding hydrogens is 246 g/mol. The smallest absolute Gasteiger partial charge is 0.107 e. The molecule has 1 N–H and O–H groups in total. The maximum Gasteiger partial charge on any atom is 0.107 e. The van der Waals surface area contributed by atoms with Gasteiger partial charge < -0.3 is 9.84 Å². The Hall–Kier alpha value is -0.860.